The van der Waals surface area contributed by atoms with Gasteiger partial charge in [-0.2, -0.15) is 5.26 Å². The van der Waals surface area contributed by atoms with Crippen molar-refractivity contribution in [3.8, 4) is 28.3 Å². The lowest BCUT2D eigenvalue weighted by Crippen LogP contribution is -1.90. The van der Waals surface area contributed by atoms with Gasteiger partial charge in [0, 0.05) is 16.3 Å². The Morgan fingerprint density at radius 1 is 0.594 bits per heavy atom. The van der Waals surface area contributed by atoms with Gasteiger partial charge in [0.15, 0.2) is 0 Å². The van der Waals surface area contributed by atoms with Gasteiger partial charge in [-0.15, -0.1) is 0 Å². The number of furan rings is 1. The van der Waals surface area contributed by atoms with Crippen LogP contribution in [0, 0.1) is 17.1 Å². The number of hydrogen-bond donors (Lipinski definition) is 0. The molecule has 0 saturated heterocycles. The van der Waals surface area contributed by atoms with Crippen LogP contribution in [-0.4, -0.2) is 0 Å². The Hall–Kier alpha value is -4.42. The highest BCUT2D eigenvalue weighted by Crippen LogP contribution is 2.39. The van der Waals surface area contributed by atoms with Gasteiger partial charge < -0.3 is 4.42 Å². The maximum absolute atomic E-state index is 13.7. The Kier molecular flexibility index (Phi) is 4.06. The first kappa shape index (κ1) is 18.4. The van der Waals surface area contributed by atoms with Crippen molar-refractivity contribution < 1.29 is 8.81 Å². The summed E-state index contributed by atoms with van der Waals surface area (Å²) in [6, 6.07) is 33.0. The average molecular weight is 413 g/mol. The maximum Gasteiger partial charge on any atom is 0.135 e. The van der Waals surface area contributed by atoms with Crippen molar-refractivity contribution in [2.45, 2.75) is 0 Å². The van der Waals surface area contributed by atoms with E-state index in [0.717, 1.165) is 55.0 Å². The summed E-state index contributed by atoms with van der Waals surface area (Å²) >= 11 is 0. The molecule has 0 spiro atoms. The van der Waals surface area contributed by atoms with Gasteiger partial charge in [0.1, 0.15) is 17.0 Å². The van der Waals surface area contributed by atoms with Crippen LogP contribution in [0.4, 0.5) is 4.39 Å². The van der Waals surface area contributed by atoms with E-state index in [1.54, 1.807) is 6.07 Å². The summed E-state index contributed by atoms with van der Waals surface area (Å²) in [4.78, 5) is 0. The van der Waals surface area contributed by atoms with E-state index in [4.69, 9.17) is 4.42 Å². The molecule has 0 aliphatic carbocycles. The van der Waals surface area contributed by atoms with Crippen molar-refractivity contribution in [3.63, 3.8) is 0 Å². The van der Waals surface area contributed by atoms with Crippen LogP contribution >= 0.6 is 0 Å². The Morgan fingerprint density at radius 2 is 1.25 bits per heavy atom. The Labute approximate surface area is 183 Å². The highest BCUT2D eigenvalue weighted by Gasteiger charge is 2.14. The predicted octanol–water partition coefficient (Wildman–Crippen LogP) is 8.08. The first-order chi connectivity index (χ1) is 15.7. The zero-order valence-corrected chi connectivity index (χ0v) is 17.0. The molecule has 1 heterocycles. The van der Waals surface area contributed by atoms with Gasteiger partial charge in [0.25, 0.3) is 0 Å². The molecule has 0 aliphatic heterocycles. The van der Waals surface area contributed by atoms with Crippen LogP contribution in [0.5, 0.6) is 0 Å². The van der Waals surface area contributed by atoms with Gasteiger partial charge in [-0.3, -0.25) is 0 Å². The first-order valence-electron chi connectivity index (χ1n) is 10.4. The summed E-state index contributed by atoms with van der Waals surface area (Å²) in [5.74, 6) is -0.410. The van der Waals surface area contributed by atoms with Crippen molar-refractivity contribution >= 4 is 32.7 Å². The molecular formula is C29H16FNO. The van der Waals surface area contributed by atoms with E-state index in [1.165, 1.54) is 12.1 Å². The van der Waals surface area contributed by atoms with E-state index < -0.39 is 5.82 Å². The quantitative estimate of drug-likeness (QED) is 0.288. The second kappa shape index (κ2) is 7.08. The van der Waals surface area contributed by atoms with Gasteiger partial charge in [-0.1, -0.05) is 66.7 Å². The molecular weight excluding hydrogens is 397 g/mol. The van der Waals surface area contributed by atoms with E-state index in [9.17, 15) is 9.65 Å². The number of nitriles is 1. The number of rotatable bonds is 2. The van der Waals surface area contributed by atoms with Crippen LogP contribution in [0.15, 0.2) is 101 Å². The molecule has 3 heteroatoms. The Morgan fingerprint density at radius 3 is 2.06 bits per heavy atom. The van der Waals surface area contributed by atoms with Gasteiger partial charge >= 0.3 is 0 Å². The van der Waals surface area contributed by atoms with E-state index in [2.05, 4.69) is 36.4 Å². The zero-order valence-electron chi connectivity index (χ0n) is 17.0. The molecule has 0 amide bonds. The molecule has 6 rings (SSSR count). The molecule has 6 aromatic rings. The third-order valence-corrected chi connectivity index (χ3v) is 6.00. The number of benzene rings is 5. The standard InChI is InChI=1S/C29H16FNO/c30-20-10-11-22(19(15-20)17-31)25-13-12-21(23-5-1-2-6-24(23)25)18-9-14-29-27(16-18)26-7-3-4-8-28(26)32-29/h1-16H. The van der Waals surface area contributed by atoms with Crippen molar-refractivity contribution in [3.05, 3.63) is 108 Å². The molecule has 0 bridgehead atoms. The van der Waals surface area contributed by atoms with E-state index in [1.807, 2.05) is 48.5 Å². The molecule has 2 nitrogen and oxygen atoms in total. The van der Waals surface area contributed by atoms with Gasteiger partial charge in [0.05, 0.1) is 11.6 Å². The molecule has 32 heavy (non-hydrogen) atoms. The van der Waals surface area contributed by atoms with Crippen LogP contribution in [-0.2, 0) is 0 Å². The summed E-state index contributed by atoms with van der Waals surface area (Å²) in [6.45, 7) is 0. The highest BCUT2D eigenvalue weighted by atomic mass is 19.1. The summed E-state index contributed by atoms with van der Waals surface area (Å²) in [5.41, 5.74) is 5.89. The third kappa shape index (κ3) is 2.78. The molecule has 0 aliphatic rings. The fourth-order valence-electron chi connectivity index (χ4n) is 4.52. The van der Waals surface area contributed by atoms with E-state index >= 15 is 0 Å². The summed E-state index contributed by atoms with van der Waals surface area (Å²) in [5, 5.41) is 13.8. The van der Waals surface area contributed by atoms with E-state index in [-0.39, 0.29) is 0 Å². The van der Waals surface area contributed by atoms with E-state index in [0.29, 0.717) is 5.56 Å². The molecule has 0 atom stereocenters. The lowest BCUT2D eigenvalue weighted by atomic mass is 9.90. The lowest BCUT2D eigenvalue weighted by Gasteiger charge is -2.13. The number of hydrogen-bond acceptors (Lipinski definition) is 2. The fourth-order valence-corrected chi connectivity index (χ4v) is 4.52. The van der Waals surface area contributed by atoms with Gasteiger partial charge in [-0.25, -0.2) is 4.39 Å². The second-order valence-corrected chi connectivity index (χ2v) is 7.82. The smallest absolute Gasteiger partial charge is 0.135 e. The average Bonchev–Trinajstić information content (AvgIpc) is 3.21. The Bertz CT molecular complexity index is 1700. The minimum Gasteiger partial charge on any atom is -0.456 e. The summed E-state index contributed by atoms with van der Waals surface area (Å²) < 4.78 is 19.7. The molecule has 5 aromatic carbocycles. The van der Waals surface area contributed by atoms with Gasteiger partial charge in [-0.05, 0) is 57.8 Å². The van der Waals surface area contributed by atoms with Crippen LogP contribution in [0.3, 0.4) is 0 Å². The number of halogens is 1. The second-order valence-electron chi connectivity index (χ2n) is 7.82. The summed E-state index contributed by atoms with van der Waals surface area (Å²) in [6.07, 6.45) is 0. The molecule has 0 fully saturated rings. The molecule has 0 saturated carbocycles. The molecule has 1 aromatic heterocycles. The Balaban J connectivity index is 1.60. The molecule has 0 N–H and O–H groups in total. The third-order valence-electron chi connectivity index (χ3n) is 6.00. The molecule has 150 valence electrons. The van der Waals surface area contributed by atoms with Crippen molar-refractivity contribution in [2.75, 3.05) is 0 Å². The lowest BCUT2D eigenvalue weighted by molar-refractivity contribution is 0.627. The number of para-hydroxylation sites is 1. The van der Waals surface area contributed by atoms with Crippen LogP contribution in [0.1, 0.15) is 5.56 Å². The van der Waals surface area contributed by atoms with Crippen molar-refractivity contribution in [1.82, 2.24) is 0 Å². The first-order valence-corrected chi connectivity index (χ1v) is 10.4. The minimum atomic E-state index is -0.410. The van der Waals surface area contributed by atoms with Crippen LogP contribution in [0.2, 0.25) is 0 Å². The monoisotopic (exact) mass is 413 g/mol. The minimum absolute atomic E-state index is 0.328. The maximum atomic E-state index is 13.7. The normalized spacial score (nSPS) is 11.2. The summed E-state index contributed by atoms with van der Waals surface area (Å²) in [7, 11) is 0. The van der Waals surface area contributed by atoms with Crippen molar-refractivity contribution in [1.29, 1.82) is 5.26 Å². The zero-order chi connectivity index (χ0) is 21.7. The molecule has 0 radical (unpaired) electrons. The highest BCUT2D eigenvalue weighted by molar-refractivity contribution is 6.09. The number of fused-ring (bicyclic) bond motifs is 4. The van der Waals surface area contributed by atoms with Crippen molar-refractivity contribution in [2.24, 2.45) is 0 Å². The fraction of sp³-hybridized carbons (Fsp3) is 0. The predicted molar refractivity (Wildman–Crippen MR) is 127 cm³/mol. The topological polar surface area (TPSA) is 36.9 Å². The SMILES string of the molecule is N#Cc1cc(F)ccc1-c1ccc(-c2ccc3oc4ccccc4c3c2)c2ccccc12. The van der Waals surface area contributed by atoms with Crippen LogP contribution < -0.4 is 0 Å². The van der Waals surface area contributed by atoms with Gasteiger partial charge in [0.2, 0.25) is 0 Å². The molecule has 0 unspecified atom stereocenters. The largest absolute Gasteiger partial charge is 0.456 e. The number of nitrogens with zero attached hydrogens (tertiary/aromatic N) is 1. The van der Waals surface area contributed by atoms with Crippen LogP contribution in [0.25, 0.3) is 55.0 Å².